The van der Waals surface area contributed by atoms with E-state index < -0.39 is 17.6 Å². The first-order valence-electron chi connectivity index (χ1n) is 11.8. The third-order valence-electron chi connectivity index (χ3n) is 6.21. The lowest BCUT2D eigenvalue weighted by molar-refractivity contribution is -0.137. The summed E-state index contributed by atoms with van der Waals surface area (Å²) < 4.78 is 44.0. The molecule has 0 unspecified atom stereocenters. The van der Waals surface area contributed by atoms with Crippen molar-refractivity contribution in [3.63, 3.8) is 0 Å². The Bertz CT molecular complexity index is 1180. The number of alkyl halides is 3. The summed E-state index contributed by atoms with van der Waals surface area (Å²) in [7, 11) is 0. The van der Waals surface area contributed by atoms with Crippen molar-refractivity contribution in [2.45, 2.75) is 25.4 Å². The molecule has 3 aromatic rings. The minimum absolute atomic E-state index is 0.0617. The monoisotopic (exact) mass is 512 g/mol. The Hall–Kier alpha value is -3.39. The second-order valence-corrected chi connectivity index (χ2v) is 9.25. The molecule has 0 aliphatic carbocycles. The number of anilines is 1. The summed E-state index contributed by atoms with van der Waals surface area (Å²) in [6.45, 7) is 1.52. The zero-order valence-electron chi connectivity index (χ0n) is 19.6. The highest BCUT2D eigenvalue weighted by molar-refractivity contribution is 7.80. The average molecular weight is 513 g/mol. The lowest BCUT2D eigenvalue weighted by atomic mass is 9.90. The number of carbonyl (C=O) groups is 1. The molecule has 3 aromatic carbocycles. The molecule has 1 saturated heterocycles. The molecule has 1 aliphatic heterocycles. The molecule has 0 bridgehead atoms. The van der Waals surface area contributed by atoms with Gasteiger partial charge in [0.2, 0.25) is 0 Å². The number of thiocarbonyl (C=S) groups is 1. The van der Waals surface area contributed by atoms with Crippen LogP contribution < -0.4 is 10.1 Å². The molecule has 4 nitrogen and oxygen atoms in total. The number of hydrogen-bond acceptors (Lipinski definition) is 3. The van der Waals surface area contributed by atoms with E-state index in [0.717, 1.165) is 55.0 Å². The molecule has 1 heterocycles. The van der Waals surface area contributed by atoms with Gasteiger partial charge in [0.15, 0.2) is 6.61 Å². The van der Waals surface area contributed by atoms with Gasteiger partial charge in [0.05, 0.1) is 5.56 Å². The van der Waals surface area contributed by atoms with Crippen molar-refractivity contribution >= 4 is 28.8 Å². The summed E-state index contributed by atoms with van der Waals surface area (Å²) in [6.07, 6.45) is -1.19. The number of likely N-dealkylation sites (tertiary alicyclic amines) is 1. The van der Waals surface area contributed by atoms with Gasteiger partial charge in [-0.2, -0.15) is 13.2 Å². The molecule has 0 saturated carbocycles. The molecular formula is C28H27F3N2O2S. The molecule has 0 aromatic heterocycles. The number of nitrogens with zero attached hydrogens (tertiary/aromatic N) is 1. The number of halogens is 3. The van der Waals surface area contributed by atoms with E-state index in [4.69, 9.17) is 17.0 Å². The Morgan fingerprint density at radius 1 is 0.972 bits per heavy atom. The maximum atomic E-state index is 12.8. The summed E-state index contributed by atoms with van der Waals surface area (Å²) in [5, 5.41) is 2.42. The van der Waals surface area contributed by atoms with Crippen molar-refractivity contribution in [3.05, 3.63) is 95.6 Å². The third-order valence-corrected chi connectivity index (χ3v) is 6.71. The van der Waals surface area contributed by atoms with Gasteiger partial charge in [0.1, 0.15) is 10.7 Å². The Labute approximate surface area is 214 Å². The van der Waals surface area contributed by atoms with E-state index in [-0.39, 0.29) is 12.3 Å². The normalized spacial score (nSPS) is 14.4. The molecule has 0 spiro atoms. The Morgan fingerprint density at radius 3 is 2.33 bits per heavy atom. The topological polar surface area (TPSA) is 41.6 Å². The van der Waals surface area contributed by atoms with Crippen LogP contribution in [0.4, 0.5) is 18.9 Å². The van der Waals surface area contributed by atoms with Crippen molar-refractivity contribution in [1.82, 2.24) is 4.90 Å². The summed E-state index contributed by atoms with van der Waals surface area (Å²) in [5.74, 6) is 0.582. The molecule has 1 aliphatic rings. The van der Waals surface area contributed by atoms with Gasteiger partial charge in [-0.3, -0.25) is 4.79 Å². The van der Waals surface area contributed by atoms with Crippen LogP contribution in [0.5, 0.6) is 5.75 Å². The molecule has 36 heavy (non-hydrogen) atoms. The standard InChI is InChI=1S/C28H27F3N2O2S/c29-28(30,31)23-7-4-8-24(18-23)32-26(34)19-35-25-11-9-22(10-12-25)27(36)33-15-13-21(14-16-33)17-20-5-2-1-3-6-20/h1-12,18,21H,13-17,19H2,(H,32,34). The Kier molecular flexibility index (Phi) is 8.25. The molecule has 188 valence electrons. The molecule has 1 fully saturated rings. The summed E-state index contributed by atoms with van der Waals surface area (Å²) in [4.78, 5) is 15.2. The number of piperidine rings is 1. The molecule has 8 heteroatoms. The Morgan fingerprint density at radius 2 is 1.67 bits per heavy atom. The second kappa shape index (κ2) is 11.6. The first-order valence-corrected chi connectivity index (χ1v) is 12.2. The highest BCUT2D eigenvalue weighted by Gasteiger charge is 2.30. The van der Waals surface area contributed by atoms with Crippen LogP contribution in [0.1, 0.15) is 29.5 Å². The second-order valence-electron chi connectivity index (χ2n) is 8.87. The zero-order valence-corrected chi connectivity index (χ0v) is 20.4. The number of amides is 1. The van der Waals surface area contributed by atoms with Crippen molar-refractivity contribution < 1.29 is 22.7 Å². The molecule has 1 N–H and O–H groups in total. The van der Waals surface area contributed by atoms with Crippen LogP contribution in [0.15, 0.2) is 78.9 Å². The van der Waals surface area contributed by atoms with Crippen molar-refractivity contribution in [2.24, 2.45) is 5.92 Å². The van der Waals surface area contributed by atoms with Crippen molar-refractivity contribution in [3.8, 4) is 5.75 Å². The van der Waals surface area contributed by atoms with E-state index in [1.165, 1.54) is 17.7 Å². The predicted molar refractivity (Wildman–Crippen MR) is 138 cm³/mol. The maximum Gasteiger partial charge on any atom is 0.416 e. The lowest BCUT2D eigenvalue weighted by Crippen LogP contribution is -2.38. The average Bonchev–Trinajstić information content (AvgIpc) is 2.88. The fourth-order valence-corrected chi connectivity index (χ4v) is 4.60. The molecular weight excluding hydrogens is 485 g/mol. The van der Waals surface area contributed by atoms with E-state index in [9.17, 15) is 18.0 Å². The summed E-state index contributed by atoms with van der Waals surface area (Å²) in [5.41, 5.74) is 1.52. The first kappa shape index (κ1) is 25.7. The number of nitrogens with one attached hydrogen (secondary N) is 1. The fourth-order valence-electron chi connectivity index (χ4n) is 4.28. The summed E-state index contributed by atoms with van der Waals surface area (Å²) in [6, 6.07) is 22.2. The SMILES string of the molecule is O=C(COc1ccc(C(=S)N2CCC(Cc3ccccc3)CC2)cc1)Nc1cccc(C(F)(F)F)c1. The van der Waals surface area contributed by atoms with E-state index in [1.807, 2.05) is 18.2 Å². The minimum atomic E-state index is -4.47. The molecule has 1 amide bonds. The van der Waals surface area contributed by atoms with Crippen LogP contribution in [-0.2, 0) is 17.4 Å². The summed E-state index contributed by atoms with van der Waals surface area (Å²) >= 11 is 5.71. The molecule has 0 atom stereocenters. The molecule has 0 radical (unpaired) electrons. The number of hydrogen-bond donors (Lipinski definition) is 1. The van der Waals surface area contributed by atoms with Crippen LogP contribution in [0.25, 0.3) is 0 Å². The van der Waals surface area contributed by atoms with Crippen molar-refractivity contribution in [2.75, 3.05) is 25.0 Å². The van der Waals surface area contributed by atoms with Gasteiger partial charge < -0.3 is 15.0 Å². The van der Waals surface area contributed by atoms with Gasteiger partial charge in [-0.25, -0.2) is 0 Å². The number of rotatable bonds is 7. The Balaban J connectivity index is 1.23. The smallest absolute Gasteiger partial charge is 0.416 e. The van der Waals surface area contributed by atoms with Crippen LogP contribution >= 0.6 is 12.2 Å². The van der Waals surface area contributed by atoms with Crippen LogP contribution in [0.3, 0.4) is 0 Å². The van der Waals surface area contributed by atoms with Crippen LogP contribution in [-0.4, -0.2) is 35.5 Å². The van der Waals surface area contributed by atoms with Crippen LogP contribution in [0.2, 0.25) is 0 Å². The van der Waals surface area contributed by atoms with Gasteiger partial charge in [-0.1, -0.05) is 48.6 Å². The van der Waals surface area contributed by atoms with E-state index in [1.54, 1.807) is 12.1 Å². The zero-order chi connectivity index (χ0) is 25.5. The van der Waals surface area contributed by atoms with Gasteiger partial charge in [-0.05, 0) is 73.2 Å². The van der Waals surface area contributed by atoms with Gasteiger partial charge >= 0.3 is 6.18 Å². The highest BCUT2D eigenvalue weighted by atomic mass is 32.1. The molecule has 4 rings (SSSR count). The first-order chi connectivity index (χ1) is 17.3. The van der Waals surface area contributed by atoms with Crippen LogP contribution in [0, 0.1) is 5.92 Å². The largest absolute Gasteiger partial charge is 0.484 e. The fraction of sp³-hybridized carbons (Fsp3) is 0.286. The number of benzene rings is 3. The predicted octanol–water partition coefficient (Wildman–Crippen LogP) is 6.35. The van der Waals surface area contributed by atoms with Gasteiger partial charge in [0, 0.05) is 24.3 Å². The van der Waals surface area contributed by atoms with E-state index in [0.29, 0.717) is 11.7 Å². The lowest BCUT2D eigenvalue weighted by Gasteiger charge is -2.34. The van der Waals surface area contributed by atoms with E-state index >= 15 is 0 Å². The third kappa shape index (κ3) is 7.07. The minimum Gasteiger partial charge on any atom is -0.484 e. The maximum absolute atomic E-state index is 12.8. The van der Waals surface area contributed by atoms with Gasteiger partial charge in [0.25, 0.3) is 5.91 Å². The quantitative estimate of drug-likeness (QED) is 0.375. The highest BCUT2D eigenvalue weighted by Crippen LogP contribution is 2.30. The van der Waals surface area contributed by atoms with Gasteiger partial charge in [-0.15, -0.1) is 0 Å². The number of carbonyl (C=O) groups excluding carboxylic acids is 1. The number of ether oxygens (including phenoxy) is 1. The van der Waals surface area contributed by atoms with E-state index in [2.05, 4.69) is 34.5 Å². The van der Waals surface area contributed by atoms with Crippen molar-refractivity contribution in [1.29, 1.82) is 0 Å².